The van der Waals surface area contributed by atoms with E-state index in [0.29, 0.717) is 18.9 Å². The van der Waals surface area contributed by atoms with Gasteiger partial charge < -0.3 is 14.7 Å². The van der Waals surface area contributed by atoms with E-state index in [4.69, 9.17) is 9.84 Å². The van der Waals surface area contributed by atoms with Crippen LogP contribution in [0.5, 0.6) is 5.75 Å². The van der Waals surface area contributed by atoms with Crippen LogP contribution < -0.4 is 4.74 Å². The zero-order valence-electron chi connectivity index (χ0n) is 11.5. The van der Waals surface area contributed by atoms with E-state index in [1.165, 1.54) is 6.07 Å². The van der Waals surface area contributed by atoms with Crippen LogP contribution in [0.1, 0.15) is 29.8 Å². The van der Waals surface area contributed by atoms with Gasteiger partial charge in [0.05, 0.1) is 13.0 Å². The summed E-state index contributed by atoms with van der Waals surface area (Å²) in [6.07, 6.45) is 0.240. The quantitative estimate of drug-likeness (QED) is 0.851. The Morgan fingerprint density at radius 2 is 2.00 bits per heavy atom. The third-order valence-corrected chi connectivity index (χ3v) is 2.83. The Balaban J connectivity index is 2.95. The first-order valence-electron chi connectivity index (χ1n) is 6.22. The molecule has 0 unspecified atom stereocenters. The van der Waals surface area contributed by atoms with Crippen LogP contribution in [-0.4, -0.2) is 42.1 Å². The maximum Gasteiger partial charge on any atom is 0.339 e. The van der Waals surface area contributed by atoms with Crippen molar-refractivity contribution < 1.29 is 19.4 Å². The molecule has 1 amide bonds. The van der Waals surface area contributed by atoms with Crippen molar-refractivity contribution in [3.05, 3.63) is 29.3 Å². The summed E-state index contributed by atoms with van der Waals surface area (Å²) in [6, 6.07) is 4.74. The Hall–Kier alpha value is -2.04. The van der Waals surface area contributed by atoms with Crippen molar-refractivity contribution in [1.29, 1.82) is 0 Å². The molecule has 1 aromatic rings. The molecular weight excluding hydrogens is 246 g/mol. The van der Waals surface area contributed by atoms with Gasteiger partial charge in [0.2, 0.25) is 5.91 Å². The highest BCUT2D eigenvalue weighted by Crippen LogP contribution is 2.21. The van der Waals surface area contributed by atoms with Gasteiger partial charge >= 0.3 is 5.97 Å². The van der Waals surface area contributed by atoms with Gasteiger partial charge in [-0.15, -0.1) is 0 Å². The second-order valence-corrected chi connectivity index (χ2v) is 4.15. The van der Waals surface area contributed by atoms with Gasteiger partial charge in [-0.25, -0.2) is 4.79 Å². The van der Waals surface area contributed by atoms with Gasteiger partial charge in [0.1, 0.15) is 11.3 Å². The van der Waals surface area contributed by atoms with Crippen LogP contribution in [0.3, 0.4) is 0 Å². The minimum atomic E-state index is -1.04. The van der Waals surface area contributed by atoms with Crippen LogP contribution in [0.2, 0.25) is 0 Å². The predicted molar refractivity (Wildman–Crippen MR) is 71.6 cm³/mol. The van der Waals surface area contributed by atoms with E-state index in [9.17, 15) is 9.59 Å². The molecule has 0 saturated carbocycles. The molecule has 1 rings (SSSR count). The monoisotopic (exact) mass is 265 g/mol. The van der Waals surface area contributed by atoms with Crippen LogP contribution in [0.4, 0.5) is 0 Å². The molecular formula is C14H19NO4. The highest BCUT2D eigenvalue weighted by atomic mass is 16.5. The summed E-state index contributed by atoms with van der Waals surface area (Å²) in [5.74, 6) is -0.737. The largest absolute Gasteiger partial charge is 0.493 e. The molecule has 0 fully saturated rings. The topological polar surface area (TPSA) is 66.8 Å². The van der Waals surface area contributed by atoms with E-state index in [1.807, 2.05) is 6.92 Å². The molecule has 104 valence electrons. The summed E-state index contributed by atoms with van der Waals surface area (Å²) in [5.41, 5.74) is 0.862. The first-order chi connectivity index (χ1) is 8.99. The molecule has 1 N–H and O–H groups in total. The standard InChI is InChI=1S/C14H19NO4/c1-4-15(3)13(16)9-10-6-7-11(14(17)18)12(8-10)19-5-2/h6-8H,4-5,9H2,1-3H3,(H,17,18). The number of ether oxygens (including phenoxy) is 1. The van der Waals surface area contributed by atoms with Crippen molar-refractivity contribution in [3.63, 3.8) is 0 Å². The molecule has 0 spiro atoms. The fourth-order valence-electron chi connectivity index (χ4n) is 1.61. The average molecular weight is 265 g/mol. The van der Waals surface area contributed by atoms with Crippen LogP contribution in [0, 0.1) is 0 Å². The van der Waals surface area contributed by atoms with Crippen molar-refractivity contribution in [1.82, 2.24) is 4.90 Å². The van der Waals surface area contributed by atoms with Gasteiger partial charge in [0.25, 0.3) is 0 Å². The lowest BCUT2D eigenvalue weighted by Crippen LogP contribution is -2.27. The fraction of sp³-hybridized carbons (Fsp3) is 0.429. The van der Waals surface area contributed by atoms with Crippen LogP contribution in [0.25, 0.3) is 0 Å². The Morgan fingerprint density at radius 1 is 1.32 bits per heavy atom. The van der Waals surface area contributed by atoms with Gasteiger partial charge in [-0.3, -0.25) is 4.79 Å². The number of likely N-dealkylation sites (N-methyl/N-ethyl adjacent to an activating group) is 1. The number of hydrogen-bond acceptors (Lipinski definition) is 3. The Kier molecular flexibility index (Phi) is 5.36. The first-order valence-corrected chi connectivity index (χ1v) is 6.22. The maximum absolute atomic E-state index is 11.8. The number of carbonyl (C=O) groups excluding carboxylic acids is 1. The van der Waals surface area contributed by atoms with E-state index in [2.05, 4.69) is 0 Å². The van der Waals surface area contributed by atoms with Crippen molar-refractivity contribution in [2.75, 3.05) is 20.2 Å². The molecule has 5 heteroatoms. The summed E-state index contributed by atoms with van der Waals surface area (Å²) < 4.78 is 5.30. The fourth-order valence-corrected chi connectivity index (χ4v) is 1.61. The third-order valence-electron chi connectivity index (χ3n) is 2.83. The van der Waals surface area contributed by atoms with E-state index in [0.717, 1.165) is 5.56 Å². The smallest absolute Gasteiger partial charge is 0.339 e. The van der Waals surface area contributed by atoms with E-state index < -0.39 is 5.97 Å². The Bertz CT molecular complexity index is 471. The molecule has 5 nitrogen and oxygen atoms in total. The van der Waals surface area contributed by atoms with Gasteiger partial charge in [-0.1, -0.05) is 6.07 Å². The number of benzene rings is 1. The lowest BCUT2D eigenvalue weighted by atomic mass is 10.1. The van der Waals surface area contributed by atoms with Crippen molar-refractivity contribution in [2.24, 2.45) is 0 Å². The predicted octanol–water partition coefficient (Wildman–Crippen LogP) is 1.80. The minimum absolute atomic E-state index is 0.00646. The lowest BCUT2D eigenvalue weighted by molar-refractivity contribution is -0.128. The number of amides is 1. The number of rotatable bonds is 6. The molecule has 0 aliphatic heterocycles. The van der Waals surface area contributed by atoms with E-state index in [1.54, 1.807) is 31.0 Å². The lowest BCUT2D eigenvalue weighted by Gasteiger charge is -2.15. The van der Waals surface area contributed by atoms with Crippen molar-refractivity contribution in [3.8, 4) is 5.75 Å². The molecule has 19 heavy (non-hydrogen) atoms. The molecule has 0 radical (unpaired) electrons. The first kappa shape index (κ1) is 15.0. The molecule has 0 aliphatic carbocycles. The zero-order chi connectivity index (χ0) is 14.4. The highest BCUT2D eigenvalue weighted by Gasteiger charge is 2.14. The highest BCUT2D eigenvalue weighted by molar-refractivity contribution is 5.91. The van der Waals surface area contributed by atoms with Gasteiger partial charge in [0.15, 0.2) is 0 Å². The average Bonchev–Trinajstić information content (AvgIpc) is 2.38. The normalized spacial score (nSPS) is 10.1. The summed E-state index contributed by atoms with van der Waals surface area (Å²) in [7, 11) is 1.73. The second kappa shape index (κ2) is 6.78. The minimum Gasteiger partial charge on any atom is -0.493 e. The third kappa shape index (κ3) is 3.98. The number of hydrogen-bond donors (Lipinski definition) is 1. The molecule has 0 atom stereocenters. The second-order valence-electron chi connectivity index (χ2n) is 4.15. The number of carboxylic acids is 1. The van der Waals surface area contributed by atoms with Crippen LogP contribution in [0.15, 0.2) is 18.2 Å². The summed E-state index contributed by atoms with van der Waals surface area (Å²) >= 11 is 0. The number of nitrogens with zero attached hydrogens (tertiary/aromatic N) is 1. The summed E-state index contributed by atoms with van der Waals surface area (Å²) in [4.78, 5) is 24.4. The van der Waals surface area contributed by atoms with E-state index in [-0.39, 0.29) is 17.9 Å². The molecule has 0 aromatic heterocycles. The number of aromatic carboxylic acids is 1. The van der Waals surface area contributed by atoms with Crippen LogP contribution >= 0.6 is 0 Å². The summed E-state index contributed by atoms with van der Waals surface area (Å²) in [5, 5.41) is 9.04. The molecule has 0 saturated heterocycles. The van der Waals surface area contributed by atoms with Gasteiger partial charge in [0, 0.05) is 13.6 Å². The van der Waals surface area contributed by atoms with Crippen molar-refractivity contribution >= 4 is 11.9 Å². The molecule has 0 heterocycles. The van der Waals surface area contributed by atoms with Crippen LogP contribution in [-0.2, 0) is 11.2 Å². The zero-order valence-corrected chi connectivity index (χ0v) is 11.5. The van der Waals surface area contributed by atoms with Crippen molar-refractivity contribution in [2.45, 2.75) is 20.3 Å². The molecule has 0 bridgehead atoms. The number of carbonyl (C=O) groups is 2. The van der Waals surface area contributed by atoms with Gasteiger partial charge in [-0.05, 0) is 31.5 Å². The van der Waals surface area contributed by atoms with E-state index >= 15 is 0 Å². The number of carboxylic acid groups (broad SMARTS) is 1. The molecule has 1 aromatic carbocycles. The molecule has 0 aliphatic rings. The maximum atomic E-state index is 11.8. The summed E-state index contributed by atoms with van der Waals surface area (Å²) in [6.45, 7) is 4.71. The SMILES string of the molecule is CCOc1cc(CC(=O)N(C)CC)ccc1C(=O)O. The van der Waals surface area contributed by atoms with Gasteiger partial charge in [-0.2, -0.15) is 0 Å². The Morgan fingerprint density at radius 3 is 2.53 bits per heavy atom. The Labute approximate surface area is 112 Å².